The fraction of sp³-hybridized carbons (Fsp3) is 0.500. The van der Waals surface area contributed by atoms with Gasteiger partial charge in [0.2, 0.25) is 0 Å². The zero-order chi connectivity index (χ0) is 21.0. The van der Waals surface area contributed by atoms with Crippen molar-refractivity contribution in [1.29, 1.82) is 0 Å². The van der Waals surface area contributed by atoms with Gasteiger partial charge in [0.25, 0.3) is 0 Å². The van der Waals surface area contributed by atoms with Crippen LogP contribution in [0.1, 0.15) is 37.1 Å². The maximum Gasteiger partial charge on any atom is 0.179 e. The summed E-state index contributed by atoms with van der Waals surface area (Å²) >= 11 is 6.74. The fourth-order valence-electron chi connectivity index (χ4n) is 5.45. The lowest BCUT2D eigenvalue weighted by atomic mass is 9.73. The molecule has 3 aromatic rings. The van der Waals surface area contributed by atoms with E-state index in [2.05, 4.69) is 36.7 Å². The molecule has 162 valence electrons. The molecule has 31 heavy (non-hydrogen) atoms. The molecule has 1 aromatic carbocycles. The van der Waals surface area contributed by atoms with Gasteiger partial charge in [-0.15, -0.1) is 10.2 Å². The SMILES string of the molecule is Fc1ccc(N2CCCC3(CN(Cc4ccn5c(CC6CC6)nnc5c4Cl)C3)C2)cc1. The summed E-state index contributed by atoms with van der Waals surface area (Å²) in [5.74, 6) is 1.62. The normalized spacial score (nSPS) is 21.0. The molecule has 1 saturated carbocycles. The smallest absolute Gasteiger partial charge is 0.179 e. The van der Waals surface area contributed by atoms with E-state index >= 15 is 0 Å². The van der Waals surface area contributed by atoms with Crippen molar-refractivity contribution in [3.8, 4) is 0 Å². The largest absolute Gasteiger partial charge is 0.371 e. The van der Waals surface area contributed by atoms with E-state index in [4.69, 9.17) is 11.6 Å². The maximum absolute atomic E-state index is 13.3. The Morgan fingerprint density at radius 2 is 1.87 bits per heavy atom. The van der Waals surface area contributed by atoms with Gasteiger partial charge in [-0.25, -0.2) is 4.39 Å². The minimum atomic E-state index is -0.175. The van der Waals surface area contributed by atoms with Gasteiger partial charge in [0.1, 0.15) is 11.6 Å². The van der Waals surface area contributed by atoms with Crippen molar-refractivity contribution in [2.24, 2.45) is 11.3 Å². The zero-order valence-electron chi connectivity index (χ0n) is 17.6. The Morgan fingerprint density at radius 1 is 1.06 bits per heavy atom. The van der Waals surface area contributed by atoms with Gasteiger partial charge >= 0.3 is 0 Å². The van der Waals surface area contributed by atoms with Gasteiger partial charge in [-0.05, 0) is 67.5 Å². The number of fused-ring (bicyclic) bond motifs is 1. The highest BCUT2D eigenvalue weighted by molar-refractivity contribution is 6.34. The van der Waals surface area contributed by atoms with E-state index in [1.165, 1.54) is 25.7 Å². The van der Waals surface area contributed by atoms with Crippen LogP contribution in [-0.2, 0) is 13.0 Å². The number of halogens is 2. The Hall–Kier alpha value is -2.18. The highest BCUT2D eigenvalue weighted by atomic mass is 35.5. The molecule has 0 bridgehead atoms. The van der Waals surface area contributed by atoms with Crippen molar-refractivity contribution in [2.45, 2.75) is 38.6 Å². The Morgan fingerprint density at radius 3 is 2.65 bits per heavy atom. The van der Waals surface area contributed by atoms with Gasteiger partial charge in [0, 0.05) is 56.4 Å². The third kappa shape index (κ3) is 3.70. The second-order valence-corrected chi connectivity index (χ2v) is 10.1. The van der Waals surface area contributed by atoms with Crippen molar-refractivity contribution in [3.05, 3.63) is 58.8 Å². The Balaban J connectivity index is 1.12. The quantitative estimate of drug-likeness (QED) is 0.583. The first-order valence-electron chi connectivity index (χ1n) is 11.3. The van der Waals surface area contributed by atoms with Gasteiger partial charge in [-0.2, -0.15) is 0 Å². The summed E-state index contributed by atoms with van der Waals surface area (Å²) in [4.78, 5) is 4.89. The molecule has 2 saturated heterocycles. The van der Waals surface area contributed by atoms with Gasteiger partial charge in [-0.3, -0.25) is 9.30 Å². The van der Waals surface area contributed by atoms with Crippen LogP contribution >= 0.6 is 11.6 Å². The summed E-state index contributed by atoms with van der Waals surface area (Å²) in [6.07, 6.45) is 8.12. The monoisotopic (exact) mass is 439 g/mol. The van der Waals surface area contributed by atoms with E-state index in [0.717, 1.165) is 72.8 Å². The number of hydrogen-bond acceptors (Lipinski definition) is 4. The highest BCUT2D eigenvalue weighted by Gasteiger charge is 2.45. The molecule has 0 N–H and O–H groups in total. The average molecular weight is 440 g/mol. The van der Waals surface area contributed by atoms with Crippen LogP contribution in [0, 0.1) is 17.2 Å². The second-order valence-electron chi connectivity index (χ2n) is 9.76. The molecule has 0 atom stereocenters. The maximum atomic E-state index is 13.3. The lowest BCUT2D eigenvalue weighted by molar-refractivity contribution is -0.0158. The molecule has 3 fully saturated rings. The molecule has 7 heteroatoms. The Labute approximate surface area is 186 Å². The third-order valence-electron chi connectivity index (χ3n) is 7.20. The Kier molecular flexibility index (Phi) is 4.69. The second kappa shape index (κ2) is 7.45. The van der Waals surface area contributed by atoms with Crippen LogP contribution in [0.4, 0.5) is 10.1 Å². The van der Waals surface area contributed by atoms with Crippen LogP contribution in [0.25, 0.3) is 5.65 Å². The van der Waals surface area contributed by atoms with Crippen LogP contribution in [-0.4, -0.2) is 45.7 Å². The van der Waals surface area contributed by atoms with Crippen LogP contribution < -0.4 is 4.90 Å². The predicted octanol–water partition coefficient (Wildman–Crippen LogP) is 4.58. The van der Waals surface area contributed by atoms with Gasteiger partial charge in [-0.1, -0.05) is 11.6 Å². The molecular formula is C24H27ClFN5. The van der Waals surface area contributed by atoms with Gasteiger partial charge in [0.15, 0.2) is 5.65 Å². The van der Waals surface area contributed by atoms with Crippen LogP contribution in [0.15, 0.2) is 36.5 Å². The molecule has 4 heterocycles. The molecule has 2 aliphatic heterocycles. The summed E-state index contributed by atoms with van der Waals surface area (Å²) in [7, 11) is 0. The number of pyridine rings is 1. The average Bonchev–Trinajstić information content (AvgIpc) is 3.48. The zero-order valence-corrected chi connectivity index (χ0v) is 18.4. The first kappa shape index (κ1) is 19.5. The summed E-state index contributed by atoms with van der Waals surface area (Å²) in [6.45, 7) is 5.08. The number of nitrogens with zero attached hydrogens (tertiary/aromatic N) is 5. The molecular weight excluding hydrogens is 413 g/mol. The topological polar surface area (TPSA) is 36.7 Å². The Bertz CT molecular complexity index is 1100. The summed E-state index contributed by atoms with van der Waals surface area (Å²) < 4.78 is 15.3. The predicted molar refractivity (Wildman–Crippen MR) is 120 cm³/mol. The highest BCUT2D eigenvalue weighted by Crippen LogP contribution is 2.41. The van der Waals surface area contributed by atoms with E-state index in [1.54, 1.807) is 12.1 Å². The number of benzene rings is 1. The molecule has 0 amide bonds. The standard InChI is InChI=1S/C24H27ClFN5/c25-22-18(8-11-31-21(12-17-2-3-17)27-28-23(22)31)13-29-14-24(15-29)9-1-10-30(16-24)20-6-4-19(26)5-7-20/h4-8,11,17H,1-3,9-10,12-16H2. The molecule has 5 nitrogen and oxygen atoms in total. The molecule has 3 aliphatic rings. The molecule has 1 spiro atoms. The van der Waals surface area contributed by atoms with Crippen molar-refractivity contribution in [3.63, 3.8) is 0 Å². The number of aromatic nitrogens is 3. The minimum absolute atomic E-state index is 0.175. The molecule has 1 aliphatic carbocycles. The van der Waals surface area contributed by atoms with Crippen molar-refractivity contribution in [1.82, 2.24) is 19.5 Å². The molecule has 2 aromatic heterocycles. The van der Waals surface area contributed by atoms with Gasteiger partial charge in [0.05, 0.1) is 5.02 Å². The molecule has 0 unspecified atom stereocenters. The van der Waals surface area contributed by atoms with E-state index in [-0.39, 0.29) is 5.82 Å². The lowest BCUT2D eigenvalue weighted by Gasteiger charge is -2.55. The minimum Gasteiger partial charge on any atom is -0.371 e. The number of piperidine rings is 1. The number of hydrogen-bond donors (Lipinski definition) is 0. The lowest BCUT2D eigenvalue weighted by Crippen LogP contribution is -2.62. The van der Waals surface area contributed by atoms with Gasteiger partial charge < -0.3 is 4.90 Å². The summed E-state index contributed by atoms with van der Waals surface area (Å²) in [6, 6.07) is 9.04. The van der Waals surface area contributed by atoms with E-state index in [9.17, 15) is 4.39 Å². The molecule has 0 radical (unpaired) electrons. The number of anilines is 1. The van der Waals surface area contributed by atoms with Crippen LogP contribution in [0.3, 0.4) is 0 Å². The number of likely N-dealkylation sites (tertiary alicyclic amines) is 1. The van der Waals surface area contributed by atoms with Crippen LogP contribution in [0.5, 0.6) is 0 Å². The van der Waals surface area contributed by atoms with Crippen LogP contribution in [0.2, 0.25) is 5.02 Å². The van der Waals surface area contributed by atoms with Crippen molar-refractivity contribution >= 4 is 22.9 Å². The summed E-state index contributed by atoms with van der Waals surface area (Å²) in [5.41, 5.74) is 3.36. The van der Waals surface area contributed by atoms with E-state index in [0.29, 0.717) is 5.41 Å². The van der Waals surface area contributed by atoms with Crippen molar-refractivity contribution in [2.75, 3.05) is 31.1 Å². The first-order valence-corrected chi connectivity index (χ1v) is 11.7. The molecule has 6 rings (SSSR count). The van der Waals surface area contributed by atoms with E-state index in [1.807, 2.05) is 12.1 Å². The van der Waals surface area contributed by atoms with Crippen molar-refractivity contribution < 1.29 is 4.39 Å². The fourth-order valence-corrected chi connectivity index (χ4v) is 5.70. The third-order valence-corrected chi connectivity index (χ3v) is 7.61. The van der Waals surface area contributed by atoms with E-state index < -0.39 is 0 Å². The number of rotatable bonds is 5. The first-order chi connectivity index (χ1) is 15.1. The summed E-state index contributed by atoms with van der Waals surface area (Å²) in [5, 5.41) is 9.49.